The summed E-state index contributed by atoms with van der Waals surface area (Å²) in [5.41, 5.74) is 0.817. The number of carbonyl (C=O) groups is 2. The molecule has 1 atom stereocenters. The van der Waals surface area contributed by atoms with Crippen molar-refractivity contribution in [3.63, 3.8) is 0 Å². The number of carbonyl (C=O) groups excluding carboxylic acids is 2. The zero-order chi connectivity index (χ0) is 15.5. The Labute approximate surface area is 127 Å². The van der Waals surface area contributed by atoms with Crippen LogP contribution in [0.2, 0.25) is 0 Å². The first-order chi connectivity index (χ1) is 10.7. The van der Waals surface area contributed by atoms with Gasteiger partial charge in [-0.05, 0) is 30.7 Å². The smallest absolute Gasteiger partial charge is 0.287 e. The molecule has 0 aliphatic carbocycles. The largest absolute Gasteiger partial charge is 0.497 e. The number of amides is 2. The van der Waals surface area contributed by atoms with Gasteiger partial charge in [-0.25, -0.2) is 0 Å². The summed E-state index contributed by atoms with van der Waals surface area (Å²) in [5.74, 6) is 0.907. The van der Waals surface area contributed by atoms with E-state index in [1.54, 1.807) is 19.2 Å². The van der Waals surface area contributed by atoms with Crippen molar-refractivity contribution in [2.75, 3.05) is 13.7 Å². The molecule has 1 aliphatic rings. The maximum atomic E-state index is 12.1. The van der Waals surface area contributed by atoms with E-state index in [9.17, 15) is 9.59 Å². The van der Waals surface area contributed by atoms with Crippen molar-refractivity contribution in [2.24, 2.45) is 0 Å². The van der Waals surface area contributed by atoms with Gasteiger partial charge in [0.2, 0.25) is 5.91 Å². The van der Waals surface area contributed by atoms with Gasteiger partial charge in [-0.15, -0.1) is 0 Å². The first kappa shape index (κ1) is 14.2. The molecule has 114 valence electrons. The van der Waals surface area contributed by atoms with Crippen LogP contribution in [0.5, 0.6) is 5.75 Å². The molecule has 3 rings (SSSR count). The van der Waals surface area contributed by atoms with Crippen LogP contribution in [0, 0.1) is 0 Å². The Kier molecular flexibility index (Phi) is 3.82. The minimum atomic E-state index is -0.488. The predicted octanol–water partition coefficient (Wildman–Crippen LogP) is 1.57. The van der Waals surface area contributed by atoms with E-state index in [4.69, 9.17) is 9.15 Å². The van der Waals surface area contributed by atoms with E-state index in [-0.39, 0.29) is 11.7 Å². The van der Waals surface area contributed by atoms with Gasteiger partial charge in [-0.3, -0.25) is 9.59 Å². The second kappa shape index (κ2) is 5.93. The summed E-state index contributed by atoms with van der Waals surface area (Å²) in [6.07, 6.45) is 0.591. The minimum Gasteiger partial charge on any atom is -0.497 e. The van der Waals surface area contributed by atoms with Crippen molar-refractivity contribution in [3.05, 3.63) is 42.2 Å². The van der Waals surface area contributed by atoms with Gasteiger partial charge in [0, 0.05) is 12.1 Å². The second-order valence-corrected chi connectivity index (χ2v) is 5.00. The lowest BCUT2D eigenvalue weighted by Crippen LogP contribution is -2.39. The third kappa shape index (κ3) is 2.81. The SMILES string of the molecule is COc1cccc(-c2ccc(C(=O)N[C@@H]3CCNC3=O)o2)c1. The predicted molar refractivity (Wildman–Crippen MR) is 79.6 cm³/mol. The quantitative estimate of drug-likeness (QED) is 0.898. The Bertz CT molecular complexity index is 708. The lowest BCUT2D eigenvalue weighted by atomic mass is 10.1. The molecule has 1 aromatic carbocycles. The van der Waals surface area contributed by atoms with E-state index in [2.05, 4.69) is 10.6 Å². The summed E-state index contributed by atoms with van der Waals surface area (Å²) in [5, 5.41) is 5.33. The number of nitrogens with one attached hydrogen (secondary N) is 2. The number of hydrogen-bond donors (Lipinski definition) is 2. The summed E-state index contributed by atoms with van der Waals surface area (Å²) >= 11 is 0. The van der Waals surface area contributed by atoms with E-state index in [1.165, 1.54) is 0 Å². The van der Waals surface area contributed by atoms with Crippen LogP contribution in [0.15, 0.2) is 40.8 Å². The van der Waals surface area contributed by atoms with E-state index < -0.39 is 11.9 Å². The lowest BCUT2D eigenvalue weighted by Gasteiger charge is -2.07. The monoisotopic (exact) mass is 300 g/mol. The maximum Gasteiger partial charge on any atom is 0.287 e. The molecule has 2 heterocycles. The Morgan fingerprint density at radius 3 is 2.95 bits per heavy atom. The average Bonchev–Trinajstić information content (AvgIpc) is 3.17. The molecule has 2 amide bonds. The molecular weight excluding hydrogens is 284 g/mol. The standard InChI is InChI=1S/C16H16N2O4/c1-21-11-4-2-3-10(9-11)13-5-6-14(22-13)16(20)18-12-7-8-17-15(12)19/h2-6,9,12H,7-8H2,1H3,(H,17,19)(H,18,20)/t12-/m1/s1. The van der Waals surface area contributed by atoms with Crippen LogP contribution in [0.3, 0.4) is 0 Å². The third-order valence-corrected chi connectivity index (χ3v) is 3.54. The summed E-state index contributed by atoms with van der Waals surface area (Å²) in [6.45, 7) is 0.580. The lowest BCUT2D eigenvalue weighted by molar-refractivity contribution is -0.120. The molecule has 1 fully saturated rings. The molecule has 0 bridgehead atoms. The summed E-state index contributed by atoms with van der Waals surface area (Å²) < 4.78 is 10.7. The molecule has 1 aliphatic heterocycles. The first-order valence-electron chi connectivity index (χ1n) is 7.00. The molecule has 6 heteroatoms. The number of ether oxygens (including phenoxy) is 1. The molecule has 0 radical (unpaired) electrons. The van der Waals surface area contributed by atoms with Crippen LogP contribution >= 0.6 is 0 Å². The van der Waals surface area contributed by atoms with Crippen LogP contribution in [0.4, 0.5) is 0 Å². The Hall–Kier alpha value is -2.76. The Morgan fingerprint density at radius 1 is 1.36 bits per heavy atom. The molecule has 0 spiro atoms. The fraction of sp³-hybridized carbons (Fsp3) is 0.250. The highest BCUT2D eigenvalue weighted by Gasteiger charge is 2.26. The van der Waals surface area contributed by atoms with E-state index in [0.717, 1.165) is 5.56 Å². The summed E-state index contributed by atoms with van der Waals surface area (Å²) in [6, 6.07) is 10.2. The minimum absolute atomic E-state index is 0.159. The normalized spacial score (nSPS) is 17.1. The van der Waals surface area contributed by atoms with Gasteiger partial charge in [-0.1, -0.05) is 12.1 Å². The van der Waals surface area contributed by atoms with Crippen molar-refractivity contribution < 1.29 is 18.7 Å². The molecule has 2 aromatic rings. The molecule has 22 heavy (non-hydrogen) atoms. The molecule has 1 aromatic heterocycles. The van der Waals surface area contributed by atoms with Crippen molar-refractivity contribution in [1.29, 1.82) is 0 Å². The van der Waals surface area contributed by atoms with Crippen LogP contribution in [0.25, 0.3) is 11.3 Å². The van der Waals surface area contributed by atoms with Gasteiger partial charge in [0.15, 0.2) is 5.76 Å². The molecule has 0 unspecified atom stereocenters. The number of rotatable bonds is 4. The van der Waals surface area contributed by atoms with Gasteiger partial charge in [0.25, 0.3) is 5.91 Å². The highest BCUT2D eigenvalue weighted by molar-refractivity contribution is 5.96. The summed E-state index contributed by atoms with van der Waals surface area (Å²) in [4.78, 5) is 23.6. The fourth-order valence-electron chi connectivity index (χ4n) is 2.35. The number of furan rings is 1. The average molecular weight is 300 g/mol. The molecular formula is C16H16N2O4. The molecule has 6 nitrogen and oxygen atoms in total. The van der Waals surface area contributed by atoms with Gasteiger partial charge in [-0.2, -0.15) is 0 Å². The number of hydrogen-bond acceptors (Lipinski definition) is 4. The van der Waals surface area contributed by atoms with Crippen LogP contribution < -0.4 is 15.4 Å². The number of methoxy groups -OCH3 is 1. The molecule has 1 saturated heterocycles. The second-order valence-electron chi connectivity index (χ2n) is 5.00. The van der Waals surface area contributed by atoms with Crippen molar-refractivity contribution in [2.45, 2.75) is 12.5 Å². The highest BCUT2D eigenvalue weighted by atomic mass is 16.5. The van der Waals surface area contributed by atoms with Crippen molar-refractivity contribution in [1.82, 2.24) is 10.6 Å². The van der Waals surface area contributed by atoms with E-state index in [1.807, 2.05) is 24.3 Å². The van der Waals surface area contributed by atoms with Crippen molar-refractivity contribution >= 4 is 11.8 Å². The zero-order valence-corrected chi connectivity index (χ0v) is 12.1. The Balaban J connectivity index is 1.75. The van der Waals surface area contributed by atoms with Gasteiger partial charge in [0.1, 0.15) is 17.6 Å². The van der Waals surface area contributed by atoms with Crippen LogP contribution in [-0.4, -0.2) is 31.5 Å². The zero-order valence-electron chi connectivity index (χ0n) is 12.1. The first-order valence-corrected chi connectivity index (χ1v) is 7.00. The van der Waals surface area contributed by atoms with Gasteiger partial charge in [0.05, 0.1) is 7.11 Å². The number of benzene rings is 1. The fourth-order valence-corrected chi connectivity index (χ4v) is 2.35. The van der Waals surface area contributed by atoms with Gasteiger partial charge >= 0.3 is 0 Å². The summed E-state index contributed by atoms with van der Waals surface area (Å²) in [7, 11) is 1.59. The van der Waals surface area contributed by atoms with Crippen LogP contribution in [-0.2, 0) is 4.79 Å². The topological polar surface area (TPSA) is 80.6 Å². The highest BCUT2D eigenvalue weighted by Crippen LogP contribution is 2.25. The maximum absolute atomic E-state index is 12.1. The van der Waals surface area contributed by atoms with E-state index >= 15 is 0 Å². The van der Waals surface area contributed by atoms with E-state index in [0.29, 0.717) is 24.5 Å². The Morgan fingerprint density at radius 2 is 2.23 bits per heavy atom. The van der Waals surface area contributed by atoms with Crippen LogP contribution in [0.1, 0.15) is 17.0 Å². The van der Waals surface area contributed by atoms with Gasteiger partial charge < -0.3 is 19.8 Å². The molecule has 0 saturated carbocycles. The third-order valence-electron chi connectivity index (χ3n) is 3.54. The van der Waals surface area contributed by atoms with Crippen molar-refractivity contribution in [3.8, 4) is 17.1 Å². The molecule has 2 N–H and O–H groups in total.